The molecule has 0 bridgehead atoms. The maximum absolute atomic E-state index is 11.8. The third kappa shape index (κ3) is 4.87. The van der Waals surface area contributed by atoms with Crippen molar-refractivity contribution in [1.29, 1.82) is 0 Å². The van der Waals surface area contributed by atoms with Crippen LogP contribution >= 0.6 is 0 Å². The molecule has 0 unspecified atom stereocenters. The van der Waals surface area contributed by atoms with Crippen molar-refractivity contribution < 1.29 is 19.5 Å². The average Bonchev–Trinajstić information content (AvgIpc) is 2.44. The molecule has 0 aliphatic heterocycles. The molecule has 6 heteroatoms. The average molecular weight is 304 g/mol. The molecule has 1 aromatic rings. The van der Waals surface area contributed by atoms with Crippen LogP contribution in [0.4, 0.5) is 5.69 Å². The van der Waals surface area contributed by atoms with E-state index >= 15 is 0 Å². The zero-order valence-corrected chi connectivity index (χ0v) is 12.3. The summed E-state index contributed by atoms with van der Waals surface area (Å²) in [5.74, 6) is -0.866. The second-order valence-electron chi connectivity index (χ2n) is 5.54. The van der Waals surface area contributed by atoms with Crippen molar-refractivity contribution in [3.05, 3.63) is 29.8 Å². The van der Waals surface area contributed by atoms with Crippen molar-refractivity contribution in [2.45, 2.75) is 32.1 Å². The van der Waals surface area contributed by atoms with E-state index in [1.807, 2.05) is 0 Å². The molecule has 1 aromatic carbocycles. The molecule has 6 nitrogen and oxygen atoms in total. The van der Waals surface area contributed by atoms with Crippen molar-refractivity contribution in [2.75, 3.05) is 11.9 Å². The van der Waals surface area contributed by atoms with Gasteiger partial charge in [-0.1, -0.05) is 19.3 Å². The highest BCUT2D eigenvalue weighted by atomic mass is 16.4. The molecule has 1 aliphatic carbocycles. The summed E-state index contributed by atoms with van der Waals surface area (Å²) in [6.07, 6.45) is 5.19. The van der Waals surface area contributed by atoms with Gasteiger partial charge in [-0.15, -0.1) is 0 Å². The van der Waals surface area contributed by atoms with Crippen LogP contribution in [0.2, 0.25) is 0 Å². The molecular formula is C16H20N2O4. The Kier molecular flexibility index (Phi) is 5.52. The third-order valence-corrected chi connectivity index (χ3v) is 3.84. The van der Waals surface area contributed by atoms with Crippen molar-refractivity contribution in [1.82, 2.24) is 5.32 Å². The highest BCUT2D eigenvalue weighted by molar-refractivity contribution is 5.97. The fraction of sp³-hybridized carbons (Fsp3) is 0.438. The van der Waals surface area contributed by atoms with Crippen LogP contribution in [0.1, 0.15) is 42.5 Å². The Morgan fingerprint density at radius 1 is 1.14 bits per heavy atom. The first-order valence-corrected chi connectivity index (χ1v) is 7.44. The van der Waals surface area contributed by atoms with Gasteiger partial charge in [0.05, 0.1) is 0 Å². The Labute approximate surface area is 128 Å². The molecule has 0 radical (unpaired) electrons. The van der Waals surface area contributed by atoms with Gasteiger partial charge in [0.1, 0.15) is 6.54 Å². The van der Waals surface area contributed by atoms with Crippen molar-refractivity contribution >= 4 is 23.5 Å². The predicted octanol–water partition coefficient (Wildman–Crippen LogP) is 2.02. The standard InChI is InChI=1S/C16H20N2O4/c19-14(9-4-11-2-1-3-11)18-13-7-5-12(6-8-13)16(22)17-10-15(20)21/h5-8,11H,1-4,9-10H2,(H,17,22)(H,18,19)(H,20,21). The van der Waals surface area contributed by atoms with E-state index in [1.54, 1.807) is 24.3 Å². The largest absolute Gasteiger partial charge is 0.480 e. The highest BCUT2D eigenvalue weighted by Crippen LogP contribution is 2.30. The van der Waals surface area contributed by atoms with Gasteiger partial charge in [0.25, 0.3) is 5.91 Å². The fourth-order valence-corrected chi connectivity index (χ4v) is 2.30. The summed E-state index contributed by atoms with van der Waals surface area (Å²) in [4.78, 5) is 33.8. The monoisotopic (exact) mass is 304 g/mol. The molecule has 1 fully saturated rings. The number of carbonyl (C=O) groups excluding carboxylic acids is 2. The summed E-state index contributed by atoms with van der Waals surface area (Å²) in [5, 5.41) is 13.6. The molecule has 0 spiro atoms. The second-order valence-corrected chi connectivity index (χ2v) is 5.54. The molecule has 0 atom stereocenters. The van der Waals surface area contributed by atoms with E-state index in [9.17, 15) is 14.4 Å². The van der Waals surface area contributed by atoms with Gasteiger partial charge in [-0.3, -0.25) is 14.4 Å². The molecule has 2 rings (SSSR count). The number of hydrogen-bond acceptors (Lipinski definition) is 3. The lowest BCUT2D eigenvalue weighted by Crippen LogP contribution is -2.29. The number of anilines is 1. The number of amides is 2. The van der Waals surface area contributed by atoms with Crippen LogP contribution < -0.4 is 10.6 Å². The van der Waals surface area contributed by atoms with Gasteiger partial charge >= 0.3 is 5.97 Å². The van der Waals surface area contributed by atoms with Gasteiger partial charge in [0, 0.05) is 17.7 Å². The van der Waals surface area contributed by atoms with Crippen molar-refractivity contribution in [3.8, 4) is 0 Å². The minimum atomic E-state index is -1.09. The predicted molar refractivity (Wildman–Crippen MR) is 81.6 cm³/mol. The molecule has 118 valence electrons. The lowest BCUT2D eigenvalue weighted by atomic mass is 9.82. The highest BCUT2D eigenvalue weighted by Gasteiger charge is 2.18. The Morgan fingerprint density at radius 2 is 1.82 bits per heavy atom. The zero-order valence-electron chi connectivity index (χ0n) is 12.3. The summed E-state index contributed by atoms with van der Waals surface area (Å²) < 4.78 is 0. The van der Waals surface area contributed by atoms with Crippen LogP contribution in [0.25, 0.3) is 0 Å². The first-order chi connectivity index (χ1) is 10.5. The Hall–Kier alpha value is -2.37. The summed E-state index contributed by atoms with van der Waals surface area (Å²) >= 11 is 0. The molecule has 1 aliphatic rings. The smallest absolute Gasteiger partial charge is 0.322 e. The molecule has 1 saturated carbocycles. The number of rotatable bonds is 7. The Bertz CT molecular complexity index is 550. The lowest BCUT2D eigenvalue weighted by molar-refractivity contribution is -0.135. The minimum Gasteiger partial charge on any atom is -0.480 e. The second kappa shape index (κ2) is 7.59. The molecule has 0 aromatic heterocycles. The van der Waals surface area contributed by atoms with E-state index in [1.165, 1.54) is 19.3 Å². The topological polar surface area (TPSA) is 95.5 Å². The van der Waals surface area contributed by atoms with Crippen LogP contribution in [-0.2, 0) is 9.59 Å². The summed E-state index contributed by atoms with van der Waals surface area (Å²) in [6, 6.07) is 6.38. The maximum Gasteiger partial charge on any atom is 0.322 e. The van der Waals surface area contributed by atoms with E-state index in [0.717, 1.165) is 6.42 Å². The quantitative estimate of drug-likeness (QED) is 0.718. The first kappa shape index (κ1) is 16.0. The Balaban J connectivity index is 1.79. The SMILES string of the molecule is O=C(O)CNC(=O)c1ccc(NC(=O)CCC2CCC2)cc1. The molecule has 0 saturated heterocycles. The van der Waals surface area contributed by atoms with E-state index in [0.29, 0.717) is 23.6 Å². The fourth-order valence-electron chi connectivity index (χ4n) is 2.30. The normalized spacial score (nSPS) is 14.0. The molecule has 3 N–H and O–H groups in total. The number of nitrogens with one attached hydrogen (secondary N) is 2. The van der Waals surface area contributed by atoms with Gasteiger partial charge in [-0.05, 0) is 36.6 Å². The number of carbonyl (C=O) groups is 3. The molecule has 0 heterocycles. The van der Waals surface area contributed by atoms with E-state index in [2.05, 4.69) is 10.6 Å². The number of carboxylic acid groups (broad SMARTS) is 1. The van der Waals surface area contributed by atoms with Crippen LogP contribution in [0.3, 0.4) is 0 Å². The lowest BCUT2D eigenvalue weighted by Gasteiger charge is -2.24. The minimum absolute atomic E-state index is 0.0185. The van der Waals surface area contributed by atoms with Gasteiger partial charge in [0.2, 0.25) is 5.91 Å². The zero-order chi connectivity index (χ0) is 15.9. The van der Waals surface area contributed by atoms with Gasteiger partial charge in [0.15, 0.2) is 0 Å². The van der Waals surface area contributed by atoms with E-state index in [-0.39, 0.29) is 5.91 Å². The van der Waals surface area contributed by atoms with E-state index < -0.39 is 18.4 Å². The van der Waals surface area contributed by atoms with Crippen molar-refractivity contribution in [3.63, 3.8) is 0 Å². The summed E-state index contributed by atoms with van der Waals surface area (Å²) in [5.41, 5.74) is 0.988. The summed E-state index contributed by atoms with van der Waals surface area (Å²) in [6.45, 7) is -0.418. The van der Waals surface area contributed by atoms with Crippen LogP contribution in [0.15, 0.2) is 24.3 Å². The molecular weight excluding hydrogens is 284 g/mol. The van der Waals surface area contributed by atoms with E-state index in [4.69, 9.17) is 5.11 Å². The molecule has 22 heavy (non-hydrogen) atoms. The number of aliphatic carboxylic acids is 1. The molecule has 2 amide bonds. The van der Waals surface area contributed by atoms with Gasteiger partial charge < -0.3 is 15.7 Å². The number of hydrogen-bond donors (Lipinski definition) is 3. The number of benzene rings is 1. The Morgan fingerprint density at radius 3 is 2.36 bits per heavy atom. The van der Waals surface area contributed by atoms with Crippen molar-refractivity contribution in [2.24, 2.45) is 5.92 Å². The summed E-state index contributed by atoms with van der Waals surface area (Å²) in [7, 11) is 0. The first-order valence-electron chi connectivity index (χ1n) is 7.44. The van der Waals surface area contributed by atoms with Gasteiger partial charge in [-0.25, -0.2) is 0 Å². The van der Waals surface area contributed by atoms with Crippen LogP contribution in [-0.4, -0.2) is 29.4 Å². The van der Waals surface area contributed by atoms with Gasteiger partial charge in [-0.2, -0.15) is 0 Å². The van der Waals surface area contributed by atoms with Crippen LogP contribution in [0.5, 0.6) is 0 Å². The third-order valence-electron chi connectivity index (χ3n) is 3.84. The maximum atomic E-state index is 11.8. The van der Waals surface area contributed by atoms with Crippen LogP contribution in [0, 0.1) is 5.92 Å². The number of carboxylic acids is 1.